The van der Waals surface area contributed by atoms with Crippen LogP contribution in [-0.4, -0.2) is 35.6 Å². The molecule has 0 aromatic heterocycles. The molecule has 2 rings (SSSR count). The molecule has 1 aliphatic rings. The second kappa shape index (κ2) is 5.46. The molecule has 0 radical (unpaired) electrons. The van der Waals surface area contributed by atoms with Gasteiger partial charge in [-0.15, -0.1) is 0 Å². The molecule has 0 saturated carbocycles. The summed E-state index contributed by atoms with van der Waals surface area (Å²) in [4.78, 5) is 11.9. The zero-order valence-corrected chi connectivity index (χ0v) is 11.9. The van der Waals surface area contributed by atoms with Crippen molar-refractivity contribution >= 4 is 21.7 Å². The van der Waals surface area contributed by atoms with E-state index in [1.54, 1.807) is 0 Å². The summed E-state index contributed by atoms with van der Waals surface area (Å²) in [6.07, 6.45) is -0.747. The van der Waals surface area contributed by atoms with Gasteiger partial charge in [-0.2, -0.15) is 8.78 Å². The molecule has 3 nitrogen and oxygen atoms in total. The molecular formula is C13H12BrF3O3. The highest BCUT2D eigenvalue weighted by atomic mass is 79.9. The first-order valence-electron chi connectivity index (χ1n) is 5.96. The van der Waals surface area contributed by atoms with Crippen LogP contribution in [-0.2, 0) is 4.74 Å². The number of hydrogen-bond acceptors (Lipinski definition) is 3. The minimum Gasteiger partial charge on any atom is -0.383 e. The van der Waals surface area contributed by atoms with Crippen molar-refractivity contribution in [3.05, 3.63) is 34.1 Å². The second-order valence-electron chi connectivity index (χ2n) is 4.67. The Morgan fingerprint density at radius 2 is 1.95 bits per heavy atom. The van der Waals surface area contributed by atoms with Crippen LogP contribution in [0.2, 0.25) is 0 Å². The summed E-state index contributed by atoms with van der Waals surface area (Å²) in [6.45, 7) is -0.138. The van der Waals surface area contributed by atoms with E-state index in [-0.39, 0.29) is 26.1 Å². The number of benzene rings is 1. The van der Waals surface area contributed by atoms with Crippen molar-refractivity contribution in [2.75, 3.05) is 13.2 Å². The zero-order chi connectivity index (χ0) is 15.0. The minimum atomic E-state index is -4.07. The summed E-state index contributed by atoms with van der Waals surface area (Å²) < 4.78 is 47.3. The molecule has 0 aliphatic carbocycles. The van der Waals surface area contributed by atoms with Crippen LogP contribution in [0.25, 0.3) is 0 Å². The maximum atomic E-state index is 14.2. The number of ether oxygens (including phenoxy) is 1. The summed E-state index contributed by atoms with van der Waals surface area (Å²) in [7, 11) is 0. The summed E-state index contributed by atoms with van der Waals surface area (Å²) in [5.41, 5.74) is -3.25. The van der Waals surface area contributed by atoms with Crippen molar-refractivity contribution in [1.82, 2.24) is 0 Å². The lowest BCUT2D eigenvalue weighted by atomic mass is 9.83. The summed E-state index contributed by atoms with van der Waals surface area (Å²) in [5.74, 6) is -6.84. The van der Waals surface area contributed by atoms with Gasteiger partial charge in [0.25, 0.3) is 0 Å². The zero-order valence-electron chi connectivity index (χ0n) is 10.3. The van der Waals surface area contributed by atoms with Crippen LogP contribution in [0.5, 0.6) is 0 Å². The van der Waals surface area contributed by atoms with Gasteiger partial charge in [0.15, 0.2) is 0 Å². The molecule has 1 N–H and O–H groups in total. The largest absolute Gasteiger partial charge is 0.383 e. The first kappa shape index (κ1) is 15.5. The number of ketones is 1. The van der Waals surface area contributed by atoms with Gasteiger partial charge in [-0.05, 0) is 18.2 Å². The van der Waals surface area contributed by atoms with E-state index in [2.05, 4.69) is 15.9 Å². The van der Waals surface area contributed by atoms with Crippen LogP contribution in [0.3, 0.4) is 0 Å². The quantitative estimate of drug-likeness (QED) is 0.850. The maximum Gasteiger partial charge on any atom is 0.337 e. The molecule has 1 fully saturated rings. The number of rotatable bonds is 3. The van der Waals surface area contributed by atoms with Gasteiger partial charge in [-0.1, -0.05) is 15.9 Å². The van der Waals surface area contributed by atoms with Gasteiger partial charge in [0.05, 0.1) is 5.56 Å². The molecule has 0 bridgehead atoms. The monoisotopic (exact) mass is 352 g/mol. The van der Waals surface area contributed by atoms with E-state index in [4.69, 9.17) is 4.74 Å². The fourth-order valence-corrected chi connectivity index (χ4v) is 2.44. The Labute approximate surface area is 121 Å². The SMILES string of the molecule is O=C(c1cc(Br)ccc1F)C(F)(F)C1(O)CCOCC1. The van der Waals surface area contributed by atoms with E-state index in [0.717, 1.165) is 12.1 Å². The fourth-order valence-electron chi connectivity index (χ4n) is 2.08. The predicted molar refractivity (Wildman–Crippen MR) is 68.4 cm³/mol. The Balaban J connectivity index is 2.37. The van der Waals surface area contributed by atoms with Gasteiger partial charge in [0, 0.05) is 30.5 Å². The number of alkyl halides is 2. The summed E-state index contributed by atoms with van der Waals surface area (Å²) in [5, 5.41) is 10.0. The smallest absolute Gasteiger partial charge is 0.337 e. The van der Waals surface area contributed by atoms with Gasteiger partial charge in [-0.3, -0.25) is 4.79 Å². The van der Waals surface area contributed by atoms with Gasteiger partial charge in [0.1, 0.15) is 11.4 Å². The highest BCUT2D eigenvalue weighted by molar-refractivity contribution is 9.10. The predicted octanol–water partition coefficient (Wildman–Crippen LogP) is 2.95. The van der Waals surface area contributed by atoms with Gasteiger partial charge >= 0.3 is 5.92 Å². The summed E-state index contributed by atoms with van der Waals surface area (Å²) in [6, 6.07) is 3.20. The van der Waals surface area contributed by atoms with Gasteiger partial charge in [-0.25, -0.2) is 4.39 Å². The van der Waals surface area contributed by atoms with E-state index in [1.165, 1.54) is 6.07 Å². The van der Waals surface area contributed by atoms with Gasteiger partial charge in [0.2, 0.25) is 5.78 Å². The van der Waals surface area contributed by atoms with Crippen molar-refractivity contribution in [3.63, 3.8) is 0 Å². The lowest BCUT2D eigenvalue weighted by Gasteiger charge is -2.37. The Hall–Kier alpha value is -0.920. The highest BCUT2D eigenvalue weighted by Crippen LogP contribution is 2.39. The van der Waals surface area contributed by atoms with Gasteiger partial charge < -0.3 is 9.84 Å². The number of hydrogen-bond donors (Lipinski definition) is 1. The Kier molecular flexibility index (Phi) is 4.22. The molecule has 1 aromatic rings. The average molecular weight is 353 g/mol. The van der Waals surface area contributed by atoms with Crippen LogP contribution < -0.4 is 0 Å². The highest BCUT2D eigenvalue weighted by Gasteiger charge is 2.58. The van der Waals surface area contributed by atoms with Crippen LogP contribution in [0.4, 0.5) is 13.2 Å². The molecule has 0 amide bonds. The fraction of sp³-hybridized carbons (Fsp3) is 0.462. The second-order valence-corrected chi connectivity index (χ2v) is 5.59. The van der Waals surface area contributed by atoms with Crippen molar-refractivity contribution in [2.45, 2.75) is 24.4 Å². The molecule has 1 saturated heterocycles. The third-order valence-electron chi connectivity index (χ3n) is 3.36. The number of carbonyl (C=O) groups is 1. The number of carbonyl (C=O) groups excluding carboxylic acids is 1. The molecule has 0 atom stereocenters. The average Bonchev–Trinajstić information content (AvgIpc) is 2.41. The molecule has 7 heteroatoms. The van der Waals surface area contributed by atoms with E-state index < -0.39 is 28.7 Å². The number of halogens is 4. The number of Topliss-reactive ketones (excluding diaryl/α,β-unsaturated/α-hetero) is 1. The van der Waals surface area contributed by atoms with Crippen molar-refractivity contribution in [1.29, 1.82) is 0 Å². The topological polar surface area (TPSA) is 46.5 Å². The van der Waals surface area contributed by atoms with Crippen LogP contribution in [0.1, 0.15) is 23.2 Å². The standard InChI is InChI=1S/C13H12BrF3O3/c14-8-1-2-10(15)9(7-8)11(18)13(16,17)12(19)3-5-20-6-4-12/h1-2,7,19H,3-6H2. The van der Waals surface area contributed by atoms with Crippen LogP contribution >= 0.6 is 15.9 Å². The van der Waals surface area contributed by atoms with Crippen LogP contribution in [0, 0.1) is 5.82 Å². The lowest BCUT2D eigenvalue weighted by molar-refractivity contribution is -0.186. The lowest BCUT2D eigenvalue weighted by Crippen LogP contribution is -2.56. The number of aliphatic hydroxyl groups is 1. The van der Waals surface area contributed by atoms with E-state index in [9.17, 15) is 23.1 Å². The molecule has 0 unspecified atom stereocenters. The summed E-state index contributed by atoms with van der Waals surface area (Å²) >= 11 is 2.99. The third-order valence-corrected chi connectivity index (χ3v) is 3.86. The van der Waals surface area contributed by atoms with E-state index in [0.29, 0.717) is 4.47 Å². The van der Waals surface area contributed by atoms with Crippen molar-refractivity contribution in [2.24, 2.45) is 0 Å². The normalized spacial score (nSPS) is 18.9. The molecule has 20 heavy (non-hydrogen) atoms. The van der Waals surface area contributed by atoms with Crippen molar-refractivity contribution in [3.8, 4) is 0 Å². The maximum absolute atomic E-state index is 14.2. The molecule has 1 aromatic carbocycles. The third kappa shape index (κ3) is 2.62. The van der Waals surface area contributed by atoms with E-state index in [1.807, 2.05) is 0 Å². The molecular weight excluding hydrogens is 341 g/mol. The first-order valence-corrected chi connectivity index (χ1v) is 6.75. The Bertz CT molecular complexity index is 528. The van der Waals surface area contributed by atoms with Crippen LogP contribution in [0.15, 0.2) is 22.7 Å². The molecule has 1 heterocycles. The molecule has 1 aliphatic heterocycles. The Morgan fingerprint density at radius 1 is 1.35 bits per heavy atom. The molecule has 0 spiro atoms. The first-order chi connectivity index (χ1) is 9.28. The van der Waals surface area contributed by atoms with E-state index >= 15 is 0 Å². The molecule has 110 valence electrons. The van der Waals surface area contributed by atoms with Crippen molar-refractivity contribution < 1.29 is 27.8 Å². The minimum absolute atomic E-state index is 0.0691. The Morgan fingerprint density at radius 3 is 2.55 bits per heavy atom.